The summed E-state index contributed by atoms with van der Waals surface area (Å²) in [5, 5.41) is 2.47. The number of carbonyl (C=O) groups excluding carboxylic acids is 2. The molecule has 0 spiro atoms. The van der Waals surface area contributed by atoms with Gasteiger partial charge < -0.3 is 15.8 Å². The number of anilines is 1. The fourth-order valence-electron chi connectivity index (χ4n) is 2.12. The lowest BCUT2D eigenvalue weighted by molar-refractivity contribution is -0.139. The standard InChI is InChI=1S/C16H13F3N2O3/c17-16(18,19)12-6-3-5-11(14(12)24-9-22)15(23)21-13-7-2-1-4-10(13)8-20/h1-7,9H,8,20H2,(H,21,23). The third kappa shape index (κ3) is 3.72. The lowest BCUT2D eigenvalue weighted by atomic mass is 10.1. The number of para-hydroxylation sites is 2. The van der Waals surface area contributed by atoms with Crippen LogP contribution >= 0.6 is 0 Å². The maximum absolute atomic E-state index is 13.0. The zero-order chi connectivity index (χ0) is 17.7. The molecule has 0 atom stereocenters. The molecule has 0 heterocycles. The Labute approximate surface area is 135 Å². The Bertz CT molecular complexity index is 760. The molecule has 2 aromatic rings. The molecule has 0 aliphatic heterocycles. The van der Waals surface area contributed by atoms with Crippen LogP contribution in [0.4, 0.5) is 18.9 Å². The summed E-state index contributed by atoms with van der Waals surface area (Å²) in [5.74, 6) is -1.69. The number of hydrogen-bond donors (Lipinski definition) is 2. The lowest BCUT2D eigenvalue weighted by Crippen LogP contribution is -2.18. The van der Waals surface area contributed by atoms with Crippen molar-refractivity contribution in [1.82, 2.24) is 0 Å². The van der Waals surface area contributed by atoms with Gasteiger partial charge in [0.05, 0.1) is 11.1 Å². The Morgan fingerprint density at radius 2 is 1.88 bits per heavy atom. The summed E-state index contributed by atoms with van der Waals surface area (Å²) >= 11 is 0. The van der Waals surface area contributed by atoms with Crippen molar-refractivity contribution in [1.29, 1.82) is 0 Å². The van der Waals surface area contributed by atoms with Crippen LogP contribution in [0.25, 0.3) is 0 Å². The molecule has 0 fully saturated rings. The molecule has 1 amide bonds. The zero-order valence-electron chi connectivity index (χ0n) is 12.3. The van der Waals surface area contributed by atoms with Gasteiger partial charge in [-0.2, -0.15) is 13.2 Å². The Hall–Kier alpha value is -2.87. The summed E-state index contributed by atoms with van der Waals surface area (Å²) in [5.41, 5.74) is 4.89. The molecule has 0 radical (unpaired) electrons. The normalized spacial score (nSPS) is 11.0. The molecule has 8 heteroatoms. The van der Waals surface area contributed by atoms with E-state index in [0.29, 0.717) is 11.3 Å². The van der Waals surface area contributed by atoms with Crippen LogP contribution in [0.5, 0.6) is 5.75 Å². The first-order valence-corrected chi connectivity index (χ1v) is 6.78. The van der Waals surface area contributed by atoms with Gasteiger partial charge in [0.25, 0.3) is 12.4 Å². The minimum Gasteiger partial charge on any atom is -0.427 e. The van der Waals surface area contributed by atoms with Gasteiger partial charge in [0, 0.05) is 12.2 Å². The van der Waals surface area contributed by atoms with E-state index >= 15 is 0 Å². The molecular formula is C16H13F3N2O3. The van der Waals surface area contributed by atoms with Gasteiger partial charge in [-0.25, -0.2) is 0 Å². The van der Waals surface area contributed by atoms with Crippen LogP contribution in [0.1, 0.15) is 21.5 Å². The first kappa shape index (κ1) is 17.5. The van der Waals surface area contributed by atoms with Crippen LogP contribution in [0, 0.1) is 0 Å². The van der Waals surface area contributed by atoms with Gasteiger partial charge in [0.1, 0.15) is 0 Å². The number of nitrogens with two attached hydrogens (primary N) is 1. The van der Waals surface area contributed by atoms with Crippen molar-refractivity contribution in [2.75, 3.05) is 5.32 Å². The highest BCUT2D eigenvalue weighted by atomic mass is 19.4. The predicted molar refractivity (Wildman–Crippen MR) is 80.4 cm³/mol. The number of ether oxygens (including phenoxy) is 1. The molecule has 24 heavy (non-hydrogen) atoms. The molecule has 0 aliphatic rings. The van der Waals surface area contributed by atoms with E-state index in [1.165, 1.54) is 0 Å². The number of benzene rings is 2. The summed E-state index contributed by atoms with van der Waals surface area (Å²) in [6.45, 7) is -0.0219. The van der Waals surface area contributed by atoms with E-state index < -0.39 is 29.0 Å². The minimum atomic E-state index is -4.77. The quantitative estimate of drug-likeness (QED) is 0.821. The number of amides is 1. The van der Waals surface area contributed by atoms with Crippen molar-refractivity contribution in [3.05, 3.63) is 59.2 Å². The first-order chi connectivity index (χ1) is 11.4. The smallest absolute Gasteiger partial charge is 0.420 e. The number of halogens is 3. The van der Waals surface area contributed by atoms with E-state index in [9.17, 15) is 22.8 Å². The second-order valence-corrected chi connectivity index (χ2v) is 4.71. The van der Waals surface area contributed by atoms with Crippen molar-refractivity contribution in [3.63, 3.8) is 0 Å². The summed E-state index contributed by atoms with van der Waals surface area (Å²) in [6, 6.07) is 9.51. The average molecular weight is 338 g/mol. The molecule has 126 valence electrons. The largest absolute Gasteiger partial charge is 0.427 e. The van der Waals surface area contributed by atoms with Gasteiger partial charge in [-0.1, -0.05) is 24.3 Å². The Morgan fingerprint density at radius 3 is 2.50 bits per heavy atom. The van der Waals surface area contributed by atoms with Crippen LogP contribution < -0.4 is 15.8 Å². The van der Waals surface area contributed by atoms with Crippen molar-refractivity contribution in [2.45, 2.75) is 12.7 Å². The van der Waals surface area contributed by atoms with Crippen molar-refractivity contribution in [2.24, 2.45) is 5.73 Å². The van der Waals surface area contributed by atoms with Crippen LogP contribution in [0.3, 0.4) is 0 Å². The maximum Gasteiger partial charge on any atom is 0.420 e. The van der Waals surface area contributed by atoms with Crippen molar-refractivity contribution in [3.8, 4) is 5.75 Å². The van der Waals surface area contributed by atoms with Gasteiger partial charge in [-0.15, -0.1) is 0 Å². The molecule has 0 saturated heterocycles. The van der Waals surface area contributed by atoms with E-state index in [1.807, 2.05) is 0 Å². The average Bonchev–Trinajstić information content (AvgIpc) is 2.54. The zero-order valence-corrected chi connectivity index (χ0v) is 12.3. The highest BCUT2D eigenvalue weighted by Gasteiger charge is 2.36. The molecule has 3 N–H and O–H groups in total. The van der Waals surface area contributed by atoms with Crippen molar-refractivity contribution < 1.29 is 27.5 Å². The van der Waals surface area contributed by atoms with Crippen LogP contribution in [0.15, 0.2) is 42.5 Å². The SMILES string of the molecule is NCc1ccccc1NC(=O)c1cccc(C(F)(F)F)c1OC=O. The predicted octanol–water partition coefficient (Wildman–Crippen LogP) is 2.95. The molecule has 0 aromatic heterocycles. The fraction of sp³-hybridized carbons (Fsp3) is 0.125. The van der Waals surface area contributed by atoms with E-state index in [0.717, 1.165) is 18.2 Å². The lowest BCUT2D eigenvalue weighted by Gasteiger charge is -2.15. The number of alkyl halides is 3. The van der Waals surface area contributed by atoms with Crippen LogP contribution in [0.2, 0.25) is 0 Å². The molecule has 5 nitrogen and oxygen atoms in total. The molecule has 0 saturated carbocycles. The van der Waals surface area contributed by atoms with E-state index in [-0.39, 0.29) is 13.0 Å². The van der Waals surface area contributed by atoms with Gasteiger partial charge in [0.15, 0.2) is 5.75 Å². The minimum absolute atomic E-state index is 0.136. The van der Waals surface area contributed by atoms with Gasteiger partial charge in [0.2, 0.25) is 0 Å². The van der Waals surface area contributed by atoms with E-state index in [2.05, 4.69) is 10.1 Å². The highest BCUT2D eigenvalue weighted by molar-refractivity contribution is 6.07. The van der Waals surface area contributed by atoms with Crippen LogP contribution in [-0.4, -0.2) is 12.4 Å². The summed E-state index contributed by atoms with van der Waals surface area (Å²) < 4.78 is 43.5. The third-order valence-corrected chi connectivity index (χ3v) is 3.22. The van der Waals surface area contributed by atoms with Gasteiger partial charge >= 0.3 is 6.18 Å². The Morgan fingerprint density at radius 1 is 1.17 bits per heavy atom. The van der Waals surface area contributed by atoms with Gasteiger partial charge in [-0.3, -0.25) is 9.59 Å². The third-order valence-electron chi connectivity index (χ3n) is 3.22. The fourth-order valence-corrected chi connectivity index (χ4v) is 2.12. The Kier molecular flexibility index (Phi) is 5.20. The van der Waals surface area contributed by atoms with E-state index in [1.54, 1.807) is 24.3 Å². The van der Waals surface area contributed by atoms with Crippen LogP contribution in [-0.2, 0) is 17.5 Å². The summed E-state index contributed by atoms with van der Waals surface area (Å²) in [4.78, 5) is 22.9. The van der Waals surface area contributed by atoms with Gasteiger partial charge in [-0.05, 0) is 23.8 Å². The number of rotatable bonds is 5. The molecule has 2 rings (SSSR count). The monoisotopic (exact) mass is 338 g/mol. The first-order valence-electron chi connectivity index (χ1n) is 6.78. The summed E-state index contributed by atoms with van der Waals surface area (Å²) in [7, 11) is 0. The molecule has 0 unspecified atom stereocenters. The number of carbonyl (C=O) groups is 2. The molecule has 0 aliphatic carbocycles. The number of nitrogens with one attached hydrogen (secondary N) is 1. The molecular weight excluding hydrogens is 325 g/mol. The molecule has 2 aromatic carbocycles. The van der Waals surface area contributed by atoms with E-state index in [4.69, 9.17) is 5.73 Å². The second-order valence-electron chi connectivity index (χ2n) is 4.71. The topological polar surface area (TPSA) is 81.4 Å². The molecule has 0 bridgehead atoms. The number of hydrogen-bond acceptors (Lipinski definition) is 4. The summed E-state index contributed by atoms with van der Waals surface area (Å²) in [6.07, 6.45) is -4.77. The maximum atomic E-state index is 13.0. The second kappa shape index (κ2) is 7.14. The Balaban J connectivity index is 2.44. The van der Waals surface area contributed by atoms with Crippen molar-refractivity contribution >= 4 is 18.1 Å². The highest BCUT2D eigenvalue weighted by Crippen LogP contribution is 2.38.